The highest BCUT2D eigenvalue weighted by atomic mass is 16.5. The van der Waals surface area contributed by atoms with Crippen LogP contribution in [0.25, 0.3) is 0 Å². The second kappa shape index (κ2) is 11.2. The van der Waals surface area contributed by atoms with Crippen molar-refractivity contribution in [3.05, 3.63) is 0 Å². The van der Waals surface area contributed by atoms with Gasteiger partial charge < -0.3 is 24.8 Å². The number of hydrogen-bond donors (Lipinski definition) is 2. The molecule has 0 unspecified atom stereocenters. The number of rotatable bonds is 13. The highest BCUT2D eigenvalue weighted by Gasteiger charge is 2.28. The molecule has 1 fully saturated rings. The summed E-state index contributed by atoms with van der Waals surface area (Å²) in [4.78, 5) is 11.3. The summed E-state index contributed by atoms with van der Waals surface area (Å²) in [5.74, 6) is 0.493. The van der Waals surface area contributed by atoms with Crippen LogP contribution in [0.15, 0.2) is 0 Å². The number of hydrogen-bond acceptors (Lipinski definition) is 5. The Bertz CT molecular complexity index is 235. The Morgan fingerprint density at radius 3 is 2.37 bits per heavy atom. The second-order valence-electron chi connectivity index (χ2n) is 4.53. The average Bonchev–Trinajstić information content (AvgIpc) is 3.24. The molecule has 112 valence electrons. The Kier molecular flexibility index (Phi) is 9.61. The van der Waals surface area contributed by atoms with Crippen molar-refractivity contribution in [2.24, 2.45) is 5.92 Å². The second-order valence-corrected chi connectivity index (χ2v) is 4.53. The van der Waals surface area contributed by atoms with Crippen LogP contribution in [0.4, 0.5) is 0 Å². The lowest BCUT2D eigenvalue weighted by Gasteiger charge is -2.07. The minimum Gasteiger partial charge on any atom is -0.382 e. The predicted octanol–water partition coefficient (Wildman–Crippen LogP) is -0.218. The van der Waals surface area contributed by atoms with Crippen molar-refractivity contribution in [1.29, 1.82) is 0 Å². The fraction of sp³-hybridized carbons (Fsp3) is 0.923. The summed E-state index contributed by atoms with van der Waals surface area (Å²) in [7, 11) is 1.65. The Hall–Kier alpha value is -0.690. The van der Waals surface area contributed by atoms with Crippen LogP contribution in [-0.2, 0) is 19.0 Å². The minimum atomic E-state index is 0.200. The molecule has 1 aliphatic rings. The predicted molar refractivity (Wildman–Crippen MR) is 72.1 cm³/mol. The third kappa shape index (κ3) is 9.84. The van der Waals surface area contributed by atoms with Crippen LogP contribution >= 0.6 is 0 Å². The standard InChI is InChI=1S/C13H26N2O4/c1-17-8-9-19-11-10-18-7-6-14-4-5-15-13(16)12-2-3-12/h12,14H,2-11H2,1H3,(H,15,16). The van der Waals surface area contributed by atoms with Crippen molar-refractivity contribution in [2.75, 3.05) is 59.8 Å². The van der Waals surface area contributed by atoms with Gasteiger partial charge in [-0.1, -0.05) is 0 Å². The summed E-state index contributed by atoms with van der Waals surface area (Å²) in [5, 5.41) is 6.11. The molecule has 1 aliphatic carbocycles. The summed E-state index contributed by atoms with van der Waals surface area (Å²) in [6, 6.07) is 0. The summed E-state index contributed by atoms with van der Waals surface area (Å²) in [6.07, 6.45) is 2.11. The van der Waals surface area contributed by atoms with E-state index >= 15 is 0 Å². The Morgan fingerprint density at radius 2 is 1.68 bits per heavy atom. The molecule has 1 amide bonds. The van der Waals surface area contributed by atoms with Gasteiger partial charge in [0, 0.05) is 32.7 Å². The topological polar surface area (TPSA) is 68.8 Å². The van der Waals surface area contributed by atoms with Gasteiger partial charge in [0.2, 0.25) is 5.91 Å². The van der Waals surface area contributed by atoms with E-state index < -0.39 is 0 Å². The zero-order valence-electron chi connectivity index (χ0n) is 11.8. The summed E-state index contributed by atoms with van der Waals surface area (Å²) in [6.45, 7) is 5.35. The van der Waals surface area contributed by atoms with Crippen LogP contribution in [0.5, 0.6) is 0 Å². The van der Waals surface area contributed by atoms with Gasteiger partial charge in [0.05, 0.1) is 33.0 Å². The van der Waals surface area contributed by atoms with Crippen molar-refractivity contribution in [3.63, 3.8) is 0 Å². The maximum Gasteiger partial charge on any atom is 0.223 e. The molecule has 1 rings (SSSR count). The maximum absolute atomic E-state index is 11.3. The molecular formula is C13H26N2O4. The number of methoxy groups -OCH3 is 1. The van der Waals surface area contributed by atoms with E-state index in [2.05, 4.69) is 10.6 Å². The van der Waals surface area contributed by atoms with E-state index in [-0.39, 0.29) is 5.91 Å². The number of carbonyl (C=O) groups excluding carboxylic acids is 1. The van der Waals surface area contributed by atoms with Gasteiger partial charge in [0.1, 0.15) is 0 Å². The molecule has 6 nitrogen and oxygen atoms in total. The van der Waals surface area contributed by atoms with Crippen LogP contribution in [-0.4, -0.2) is 65.7 Å². The normalized spacial score (nSPS) is 14.6. The molecule has 0 spiro atoms. The van der Waals surface area contributed by atoms with Crippen molar-refractivity contribution in [1.82, 2.24) is 10.6 Å². The molecule has 0 aromatic rings. The quantitative estimate of drug-likeness (QED) is 0.455. The monoisotopic (exact) mass is 274 g/mol. The van der Waals surface area contributed by atoms with E-state index in [1.54, 1.807) is 7.11 Å². The Balaban J connectivity index is 1.68. The molecule has 6 heteroatoms. The summed E-state index contributed by atoms with van der Waals surface area (Å²) < 4.78 is 15.5. The first-order valence-corrected chi connectivity index (χ1v) is 6.97. The van der Waals surface area contributed by atoms with Gasteiger partial charge in [-0.2, -0.15) is 0 Å². The molecule has 0 atom stereocenters. The lowest BCUT2D eigenvalue weighted by molar-refractivity contribution is -0.122. The van der Waals surface area contributed by atoms with Gasteiger partial charge in [-0.15, -0.1) is 0 Å². The zero-order chi connectivity index (χ0) is 13.8. The molecule has 0 aromatic carbocycles. The van der Waals surface area contributed by atoms with E-state index in [4.69, 9.17) is 14.2 Å². The number of amides is 1. The highest BCUT2D eigenvalue weighted by Crippen LogP contribution is 2.28. The van der Waals surface area contributed by atoms with Crippen LogP contribution in [0.3, 0.4) is 0 Å². The molecule has 0 saturated heterocycles. The molecule has 0 heterocycles. The SMILES string of the molecule is COCCOCCOCCNCCNC(=O)C1CC1. The molecular weight excluding hydrogens is 248 g/mol. The lowest BCUT2D eigenvalue weighted by Crippen LogP contribution is -2.33. The van der Waals surface area contributed by atoms with Gasteiger partial charge in [0.15, 0.2) is 0 Å². The first kappa shape index (κ1) is 16.4. The third-order valence-corrected chi connectivity index (χ3v) is 2.78. The van der Waals surface area contributed by atoms with Crippen molar-refractivity contribution < 1.29 is 19.0 Å². The third-order valence-electron chi connectivity index (χ3n) is 2.78. The summed E-state index contributed by atoms with van der Waals surface area (Å²) >= 11 is 0. The maximum atomic E-state index is 11.3. The van der Waals surface area contributed by atoms with Gasteiger partial charge in [-0.05, 0) is 12.8 Å². The molecule has 2 N–H and O–H groups in total. The lowest BCUT2D eigenvalue weighted by atomic mass is 10.4. The van der Waals surface area contributed by atoms with Crippen LogP contribution < -0.4 is 10.6 Å². The van der Waals surface area contributed by atoms with Crippen LogP contribution in [0.1, 0.15) is 12.8 Å². The number of carbonyl (C=O) groups is 1. The summed E-state index contributed by atoms with van der Waals surface area (Å²) in [5.41, 5.74) is 0. The Morgan fingerprint density at radius 1 is 1.00 bits per heavy atom. The molecule has 0 bridgehead atoms. The fourth-order valence-electron chi connectivity index (χ4n) is 1.50. The highest BCUT2D eigenvalue weighted by molar-refractivity contribution is 5.80. The van der Waals surface area contributed by atoms with Gasteiger partial charge >= 0.3 is 0 Å². The zero-order valence-corrected chi connectivity index (χ0v) is 11.8. The Labute approximate surface area is 115 Å². The molecule has 1 saturated carbocycles. The largest absolute Gasteiger partial charge is 0.382 e. The molecule has 0 aliphatic heterocycles. The van der Waals surface area contributed by atoms with Crippen molar-refractivity contribution >= 4 is 5.91 Å². The van der Waals surface area contributed by atoms with Gasteiger partial charge in [-0.25, -0.2) is 0 Å². The van der Waals surface area contributed by atoms with E-state index in [1.807, 2.05) is 0 Å². The van der Waals surface area contributed by atoms with Gasteiger partial charge in [0.25, 0.3) is 0 Å². The van der Waals surface area contributed by atoms with E-state index in [0.717, 1.165) is 25.9 Å². The molecule has 0 radical (unpaired) electrons. The average molecular weight is 274 g/mol. The minimum absolute atomic E-state index is 0.200. The molecule has 19 heavy (non-hydrogen) atoms. The van der Waals surface area contributed by atoms with E-state index in [0.29, 0.717) is 45.5 Å². The number of ether oxygens (including phenoxy) is 3. The van der Waals surface area contributed by atoms with Crippen molar-refractivity contribution in [2.45, 2.75) is 12.8 Å². The molecule has 0 aromatic heterocycles. The van der Waals surface area contributed by atoms with Gasteiger partial charge in [-0.3, -0.25) is 4.79 Å². The smallest absolute Gasteiger partial charge is 0.223 e. The van der Waals surface area contributed by atoms with Crippen LogP contribution in [0, 0.1) is 5.92 Å². The van der Waals surface area contributed by atoms with Crippen molar-refractivity contribution in [3.8, 4) is 0 Å². The van der Waals surface area contributed by atoms with E-state index in [1.165, 1.54) is 0 Å². The first-order chi connectivity index (χ1) is 9.34. The first-order valence-electron chi connectivity index (χ1n) is 6.97. The fourth-order valence-corrected chi connectivity index (χ4v) is 1.50. The van der Waals surface area contributed by atoms with Crippen LogP contribution in [0.2, 0.25) is 0 Å². The van der Waals surface area contributed by atoms with E-state index in [9.17, 15) is 4.79 Å². The number of nitrogens with one attached hydrogen (secondary N) is 2.